The number of piperidine rings is 1. The van der Waals surface area contributed by atoms with E-state index in [1.54, 1.807) is 29.2 Å². The van der Waals surface area contributed by atoms with Crippen molar-refractivity contribution in [1.29, 1.82) is 0 Å². The minimum absolute atomic E-state index is 0.0795. The van der Waals surface area contributed by atoms with Crippen molar-refractivity contribution >= 4 is 23.8 Å². The van der Waals surface area contributed by atoms with E-state index in [0.29, 0.717) is 31.6 Å². The molecule has 0 saturated carbocycles. The number of ether oxygens (including phenoxy) is 2. The van der Waals surface area contributed by atoms with Crippen molar-refractivity contribution in [2.24, 2.45) is 0 Å². The highest BCUT2D eigenvalue weighted by Gasteiger charge is 2.28. The number of anilines is 1. The number of para-hydroxylation sites is 1. The second kappa shape index (κ2) is 11.5. The standard InChI is InChI=1S/C26H33N3O5/c1-26(2,3)34-24(31)28-16-14-21(15-17-28)27-23(30)18-29(22-12-8-5-9-13-22)25(32)33-19-20-10-6-4-7-11-20/h4-13,21H,14-19H2,1-3H3,(H,27,30). The van der Waals surface area contributed by atoms with Gasteiger partial charge in [-0.15, -0.1) is 0 Å². The summed E-state index contributed by atoms with van der Waals surface area (Å²) in [5.74, 6) is -0.281. The maximum Gasteiger partial charge on any atom is 0.415 e. The van der Waals surface area contributed by atoms with Crippen LogP contribution in [-0.4, -0.2) is 54.3 Å². The monoisotopic (exact) mass is 467 g/mol. The molecule has 1 aliphatic rings. The van der Waals surface area contributed by atoms with E-state index in [1.165, 1.54) is 4.90 Å². The molecule has 0 aliphatic carbocycles. The lowest BCUT2D eigenvalue weighted by molar-refractivity contribution is -0.120. The predicted octanol–water partition coefficient (Wildman–Crippen LogP) is 4.35. The van der Waals surface area contributed by atoms with Crippen LogP contribution in [0, 0.1) is 0 Å². The number of nitrogens with one attached hydrogen (secondary N) is 1. The van der Waals surface area contributed by atoms with Gasteiger partial charge in [-0.05, 0) is 51.3 Å². The van der Waals surface area contributed by atoms with Gasteiger partial charge in [0.25, 0.3) is 0 Å². The maximum absolute atomic E-state index is 12.8. The van der Waals surface area contributed by atoms with Gasteiger partial charge in [0, 0.05) is 24.8 Å². The molecule has 1 heterocycles. The average Bonchev–Trinajstić information content (AvgIpc) is 2.81. The number of likely N-dealkylation sites (tertiary alicyclic amines) is 1. The molecule has 0 unspecified atom stereocenters. The molecular weight excluding hydrogens is 434 g/mol. The van der Waals surface area contributed by atoms with E-state index >= 15 is 0 Å². The summed E-state index contributed by atoms with van der Waals surface area (Å²) in [6.45, 7) is 6.46. The molecule has 2 aromatic rings. The highest BCUT2D eigenvalue weighted by Crippen LogP contribution is 2.17. The molecule has 1 saturated heterocycles. The summed E-state index contributed by atoms with van der Waals surface area (Å²) in [5, 5.41) is 2.99. The Hall–Kier alpha value is -3.55. The number of carbonyl (C=O) groups is 3. The molecule has 2 aromatic carbocycles. The van der Waals surface area contributed by atoms with Gasteiger partial charge in [0.2, 0.25) is 5.91 Å². The SMILES string of the molecule is CC(C)(C)OC(=O)N1CCC(NC(=O)CN(C(=O)OCc2ccccc2)c2ccccc2)CC1. The Labute approximate surface area is 200 Å². The second-order valence-corrected chi connectivity index (χ2v) is 9.27. The third-order valence-corrected chi connectivity index (χ3v) is 5.31. The van der Waals surface area contributed by atoms with Crippen LogP contribution >= 0.6 is 0 Å². The lowest BCUT2D eigenvalue weighted by Gasteiger charge is -2.34. The Morgan fingerprint density at radius 3 is 2.15 bits per heavy atom. The average molecular weight is 468 g/mol. The summed E-state index contributed by atoms with van der Waals surface area (Å²) >= 11 is 0. The molecule has 1 fully saturated rings. The molecule has 8 heteroatoms. The normalized spacial score (nSPS) is 14.3. The van der Waals surface area contributed by atoms with Crippen molar-refractivity contribution < 1.29 is 23.9 Å². The van der Waals surface area contributed by atoms with Gasteiger partial charge < -0.3 is 19.7 Å². The zero-order valence-corrected chi connectivity index (χ0v) is 20.0. The van der Waals surface area contributed by atoms with E-state index in [-0.39, 0.29) is 31.2 Å². The molecule has 0 radical (unpaired) electrons. The first-order valence-corrected chi connectivity index (χ1v) is 11.5. The van der Waals surface area contributed by atoms with Crippen LogP contribution in [0.5, 0.6) is 0 Å². The topological polar surface area (TPSA) is 88.2 Å². The van der Waals surface area contributed by atoms with Crippen molar-refractivity contribution in [3.8, 4) is 0 Å². The summed E-state index contributed by atoms with van der Waals surface area (Å²) in [7, 11) is 0. The van der Waals surface area contributed by atoms with Crippen molar-refractivity contribution in [1.82, 2.24) is 10.2 Å². The molecule has 34 heavy (non-hydrogen) atoms. The number of nitrogens with zero attached hydrogens (tertiary/aromatic N) is 2. The zero-order valence-electron chi connectivity index (χ0n) is 20.0. The first-order valence-electron chi connectivity index (χ1n) is 11.5. The summed E-state index contributed by atoms with van der Waals surface area (Å²) in [6, 6.07) is 18.3. The summed E-state index contributed by atoms with van der Waals surface area (Å²) in [5.41, 5.74) is 0.901. The summed E-state index contributed by atoms with van der Waals surface area (Å²) < 4.78 is 10.9. The molecule has 3 amide bonds. The number of amides is 3. The Balaban J connectivity index is 1.54. The zero-order chi connectivity index (χ0) is 24.6. The molecular formula is C26H33N3O5. The van der Waals surface area contributed by atoms with E-state index in [4.69, 9.17) is 9.47 Å². The summed E-state index contributed by atoms with van der Waals surface area (Å²) in [4.78, 5) is 40.9. The molecule has 8 nitrogen and oxygen atoms in total. The van der Waals surface area contributed by atoms with Gasteiger partial charge in [0.15, 0.2) is 0 Å². The van der Waals surface area contributed by atoms with Crippen molar-refractivity contribution in [3.05, 3.63) is 66.2 Å². The van der Waals surface area contributed by atoms with E-state index in [0.717, 1.165) is 5.56 Å². The fourth-order valence-corrected chi connectivity index (χ4v) is 3.62. The minimum atomic E-state index is -0.593. The molecule has 0 atom stereocenters. The van der Waals surface area contributed by atoms with E-state index in [9.17, 15) is 14.4 Å². The third kappa shape index (κ3) is 7.79. The lowest BCUT2D eigenvalue weighted by atomic mass is 10.1. The predicted molar refractivity (Wildman–Crippen MR) is 129 cm³/mol. The Bertz CT molecular complexity index is 951. The Morgan fingerprint density at radius 1 is 0.971 bits per heavy atom. The lowest BCUT2D eigenvalue weighted by Crippen LogP contribution is -2.50. The van der Waals surface area contributed by atoms with E-state index < -0.39 is 11.7 Å². The number of carbonyl (C=O) groups excluding carboxylic acids is 3. The van der Waals surface area contributed by atoms with Gasteiger partial charge in [-0.3, -0.25) is 9.69 Å². The van der Waals surface area contributed by atoms with Gasteiger partial charge >= 0.3 is 12.2 Å². The summed E-state index contributed by atoms with van der Waals surface area (Å²) in [6.07, 6.45) is 0.308. The first-order chi connectivity index (χ1) is 16.2. The number of hydrogen-bond acceptors (Lipinski definition) is 5. The van der Waals surface area contributed by atoms with Crippen LogP contribution in [0.25, 0.3) is 0 Å². The smallest absolute Gasteiger partial charge is 0.415 e. The molecule has 182 valence electrons. The van der Waals surface area contributed by atoms with Crippen LogP contribution in [-0.2, 0) is 20.9 Å². The molecule has 1 N–H and O–H groups in total. The van der Waals surface area contributed by atoms with Gasteiger partial charge in [0.1, 0.15) is 18.8 Å². The van der Waals surface area contributed by atoms with Crippen LogP contribution in [0.2, 0.25) is 0 Å². The maximum atomic E-state index is 12.8. The Kier molecular flexibility index (Phi) is 8.51. The second-order valence-electron chi connectivity index (χ2n) is 9.27. The van der Waals surface area contributed by atoms with Gasteiger partial charge in [-0.1, -0.05) is 48.5 Å². The van der Waals surface area contributed by atoms with Crippen molar-refractivity contribution in [2.75, 3.05) is 24.5 Å². The fourth-order valence-electron chi connectivity index (χ4n) is 3.62. The van der Waals surface area contributed by atoms with Crippen LogP contribution in [0.3, 0.4) is 0 Å². The van der Waals surface area contributed by atoms with E-state index in [2.05, 4.69) is 5.32 Å². The third-order valence-electron chi connectivity index (χ3n) is 5.31. The first kappa shape index (κ1) is 25.1. The fraction of sp³-hybridized carbons (Fsp3) is 0.423. The molecule has 0 bridgehead atoms. The van der Waals surface area contributed by atoms with Crippen molar-refractivity contribution in [2.45, 2.75) is 51.9 Å². The minimum Gasteiger partial charge on any atom is -0.444 e. The Morgan fingerprint density at radius 2 is 1.56 bits per heavy atom. The largest absolute Gasteiger partial charge is 0.444 e. The molecule has 1 aliphatic heterocycles. The quantitative estimate of drug-likeness (QED) is 0.683. The highest BCUT2D eigenvalue weighted by atomic mass is 16.6. The number of rotatable bonds is 6. The van der Waals surface area contributed by atoms with Gasteiger partial charge in [-0.25, -0.2) is 9.59 Å². The van der Waals surface area contributed by atoms with Crippen LogP contribution in [0.15, 0.2) is 60.7 Å². The molecule has 0 aromatic heterocycles. The molecule has 0 spiro atoms. The van der Waals surface area contributed by atoms with E-state index in [1.807, 2.05) is 57.2 Å². The number of hydrogen-bond donors (Lipinski definition) is 1. The number of benzene rings is 2. The molecule has 3 rings (SSSR count). The van der Waals surface area contributed by atoms with Crippen LogP contribution in [0.4, 0.5) is 15.3 Å². The van der Waals surface area contributed by atoms with Gasteiger partial charge in [0.05, 0.1) is 0 Å². The highest BCUT2D eigenvalue weighted by molar-refractivity contribution is 5.95. The van der Waals surface area contributed by atoms with Crippen molar-refractivity contribution in [3.63, 3.8) is 0 Å². The van der Waals surface area contributed by atoms with Crippen LogP contribution in [0.1, 0.15) is 39.2 Å². The van der Waals surface area contributed by atoms with Crippen LogP contribution < -0.4 is 10.2 Å². The van der Waals surface area contributed by atoms with Gasteiger partial charge in [-0.2, -0.15) is 0 Å².